The van der Waals surface area contributed by atoms with Gasteiger partial charge in [-0.2, -0.15) is 0 Å². The monoisotopic (exact) mass is 315 g/mol. The Morgan fingerprint density at radius 3 is 2.57 bits per heavy atom. The Bertz CT molecular complexity index is 674. The second-order valence-corrected chi connectivity index (χ2v) is 6.57. The first-order valence-electron chi connectivity index (χ1n) is 8.12. The van der Waals surface area contributed by atoms with Crippen LogP contribution < -0.4 is 10.2 Å². The van der Waals surface area contributed by atoms with Crippen molar-refractivity contribution < 1.29 is 14.1 Å². The number of benzene rings is 1. The zero-order valence-electron chi connectivity index (χ0n) is 14.7. The van der Waals surface area contributed by atoms with Crippen LogP contribution in [0.15, 0.2) is 34.7 Å². The lowest BCUT2D eigenvalue weighted by atomic mass is 9.98. The standard InChI is InChI=1S/C19H26N2O2/c1-13(2)17-8-6-7-14(3)19(17)20-18(22)12-21(5)11-16-10-9-15(4)23-16/h6-10,13H,11-12H2,1-5H3,(H,20,22)/p+1. The maximum atomic E-state index is 12.4. The zero-order chi connectivity index (χ0) is 17.0. The van der Waals surface area contributed by atoms with Crippen LogP contribution in [0.25, 0.3) is 0 Å². The smallest absolute Gasteiger partial charge is 0.279 e. The molecule has 23 heavy (non-hydrogen) atoms. The van der Waals surface area contributed by atoms with Crippen molar-refractivity contribution in [2.75, 3.05) is 18.9 Å². The summed E-state index contributed by atoms with van der Waals surface area (Å²) in [6.07, 6.45) is 0. The molecule has 0 fully saturated rings. The van der Waals surface area contributed by atoms with E-state index in [4.69, 9.17) is 4.42 Å². The average Bonchev–Trinajstić information content (AvgIpc) is 2.85. The largest absolute Gasteiger partial charge is 0.460 e. The molecule has 2 rings (SSSR count). The van der Waals surface area contributed by atoms with Gasteiger partial charge in [-0.15, -0.1) is 0 Å². The quantitative estimate of drug-likeness (QED) is 0.861. The van der Waals surface area contributed by atoms with Crippen molar-refractivity contribution in [1.82, 2.24) is 0 Å². The molecule has 0 aliphatic heterocycles. The summed E-state index contributed by atoms with van der Waals surface area (Å²) in [5, 5.41) is 3.09. The van der Waals surface area contributed by atoms with E-state index in [0.29, 0.717) is 19.0 Å². The number of carbonyl (C=O) groups is 1. The van der Waals surface area contributed by atoms with Gasteiger partial charge in [-0.3, -0.25) is 4.79 Å². The summed E-state index contributed by atoms with van der Waals surface area (Å²) in [5.74, 6) is 2.22. The van der Waals surface area contributed by atoms with E-state index in [1.54, 1.807) is 0 Å². The van der Waals surface area contributed by atoms with Crippen LogP contribution in [0.4, 0.5) is 5.69 Å². The van der Waals surface area contributed by atoms with E-state index < -0.39 is 0 Å². The molecule has 0 spiro atoms. The van der Waals surface area contributed by atoms with Crippen molar-refractivity contribution in [2.45, 2.75) is 40.2 Å². The molecule has 4 heteroatoms. The van der Waals surface area contributed by atoms with Crippen LogP contribution in [0.1, 0.15) is 42.4 Å². The summed E-state index contributed by atoms with van der Waals surface area (Å²) in [4.78, 5) is 13.5. The first-order chi connectivity index (χ1) is 10.9. The number of rotatable bonds is 6. The lowest BCUT2D eigenvalue weighted by Gasteiger charge is -2.18. The van der Waals surface area contributed by atoms with Crippen LogP contribution in [0, 0.1) is 13.8 Å². The summed E-state index contributed by atoms with van der Waals surface area (Å²) < 4.78 is 5.57. The fraction of sp³-hybridized carbons (Fsp3) is 0.421. The summed E-state index contributed by atoms with van der Waals surface area (Å²) in [5.41, 5.74) is 3.23. The topological polar surface area (TPSA) is 46.7 Å². The van der Waals surface area contributed by atoms with Crippen molar-refractivity contribution in [1.29, 1.82) is 0 Å². The second-order valence-electron chi connectivity index (χ2n) is 6.57. The van der Waals surface area contributed by atoms with E-state index in [-0.39, 0.29) is 5.91 Å². The van der Waals surface area contributed by atoms with Crippen molar-refractivity contribution >= 4 is 11.6 Å². The maximum Gasteiger partial charge on any atom is 0.279 e. The summed E-state index contributed by atoms with van der Waals surface area (Å²) in [7, 11) is 2.00. The van der Waals surface area contributed by atoms with Gasteiger partial charge in [-0.1, -0.05) is 32.0 Å². The van der Waals surface area contributed by atoms with Crippen molar-refractivity contribution in [3.8, 4) is 0 Å². The predicted molar refractivity (Wildman–Crippen MR) is 92.8 cm³/mol. The van der Waals surface area contributed by atoms with Crippen molar-refractivity contribution in [3.63, 3.8) is 0 Å². The molecule has 1 unspecified atom stereocenters. The van der Waals surface area contributed by atoms with Gasteiger partial charge in [-0.25, -0.2) is 0 Å². The van der Waals surface area contributed by atoms with Gasteiger partial charge >= 0.3 is 0 Å². The molecule has 1 amide bonds. The Balaban J connectivity index is 1.99. The van der Waals surface area contributed by atoms with E-state index in [9.17, 15) is 4.79 Å². The normalized spacial score (nSPS) is 12.4. The van der Waals surface area contributed by atoms with E-state index in [2.05, 4.69) is 25.2 Å². The Morgan fingerprint density at radius 2 is 1.96 bits per heavy atom. The molecule has 0 bridgehead atoms. The van der Waals surface area contributed by atoms with Gasteiger partial charge in [0.2, 0.25) is 0 Å². The third kappa shape index (κ3) is 4.70. The molecule has 124 valence electrons. The number of quaternary nitrogens is 1. The summed E-state index contributed by atoms with van der Waals surface area (Å²) >= 11 is 0. The predicted octanol–water partition coefficient (Wildman–Crippen LogP) is 2.67. The number of para-hydroxylation sites is 1. The Hall–Kier alpha value is -2.07. The molecule has 1 heterocycles. The number of anilines is 1. The summed E-state index contributed by atoms with van der Waals surface area (Å²) in [6.45, 7) is 9.35. The molecule has 0 aliphatic rings. The van der Waals surface area contributed by atoms with E-state index in [1.165, 1.54) is 5.56 Å². The van der Waals surface area contributed by atoms with E-state index in [0.717, 1.165) is 27.7 Å². The molecule has 1 aromatic carbocycles. The van der Waals surface area contributed by atoms with Gasteiger partial charge in [0.05, 0.1) is 7.05 Å². The minimum absolute atomic E-state index is 0.0296. The molecular formula is C19H27N2O2+. The number of furan rings is 1. The molecule has 2 aromatic rings. The van der Waals surface area contributed by atoms with Crippen LogP contribution in [-0.4, -0.2) is 19.5 Å². The number of hydrogen-bond donors (Lipinski definition) is 2. The molecule has 0 saturated heterocycles. The van der Waals surface area contributed by atoms with Gasteiger partial charge in [0, 0.05) is 5.69 Å². The number of nitrogens with one attached hydrogen (secondary N) is 2. The average molecular weight is 315 g/mol. The summed E-state index contributed by atoms with van der Waals surface area (Å²) in [6, 6.07) is 10.1. The Kier molecular flexibility index (Phi) is 5.61. The number of hydrogen-bond acceptors (Lipinski definition) is 2. The van der Waals surface area contributed by atoms with Gasteiger partial charge in [0.15, 0.2) is 12.3 Å². The van der Waals surface area contributed by atoms with Crippen molar-refractivity contribution in [3.05, 3.63) is 53.0 Å². The van der Waals surface area contributed by atoms with Crippen LogP contribution in [0.5, 0.6) is 0 Å². The van der Waals surface area contributed by atoms with Gasteiger partial charge < -0.3 is 14.6 Å². The van der Waals surface area contributed by atoms with E-state index >= 15 is 0 Å². The fourth-order valence-electron chi connectivity index (χ4n) is 2.74. The molecule has 4 nitrogen and oxygen atoms in total. The molecule has 0 radical (unpaired) electrons. The van der Waals surface area contributed by atoms with Crippen molar-refractivity contribution in [2.24, 2.45) is 0 Å². The highest BCUT2D eigenvalue weighted by molar-refractivity contribution is 5.93. The number of likely N-dealkylation sites (N-methyl/N-ethyl adjacent to an activating group) is 1. The van der Waals surface area contributed by atoms with Crippen LogP contribution in [-0.2, 0) is 11.3 Å². The molecule has 2 N–H and O–H groups in total. The zero-order valence-corrected chi connectivity index (χ0v) is 14.7. The first-order valence-corrected chi connectivity index (χ1v) is 8.12. The number of amides is 1. The van der Waals surface area contributed by atoms with Crippen LogP contribution >= 0.6 is 0 Å². The minimum atomic E-state index is 0.0296. The first kappa shape index (κ1) is 17.3. The van der Waals surface area contributed by atoms with Crippen LogP contribution in [0.3, 0.4) is 0 Å². The van der Waals surface area contributed by atoms with E-state index in [1.807, 2.05) is 45.2 Å². The maximum absolute atomic E-state index is 12.4. The molecule has 1 atom stereocenters. The minimum Gasteiger partial charge on any atom is -0.460 e. The lowest BCUT2D eigenvalue weighted by molar-refractivity contribution is -0.886. The second kappa shape index (κ2) is 7.47. The third-order valence-corrected chi connectivity index (χ3v) is 3.93. The fourth-order valence-corrected chi connectivity index (χ4v) is 2.74. The molecular weight excluding hydrogens is 288 g/mol. The lowest BCUT2D eigenvalue weighted by Crippen LogP contribution is -3.08. The molecule has 1 aromatic heterocycles. The number of carbonyl (C=O) groups excluding carboxylic acids is 1. The Morgan fingerprint density at radius 1 is 1.22 bits per heavy atom. The van der Waals surface area contributed by atoms with Crippen LogP contribution in [0.2, 0.25) is 0 Å². The highest BCUT2D eigenvalue weighted by Crippen LogP contribution is 2.27. The SMILES string of the molecule is Cc1ccc(C[NH+](C)CC(=O)Nc2c(C)cccc2C(C)C)o1. The highest BCUT2D eigenvalue weighted by atomic mass is 16.3. The highest BCUT2D eigenvalue weighted by Gasteiger charge is 2.16. The third-order valence-electron chi connectivity index (χ3n) is 3.93. The number of aryl methyl sites for hydroxylation is 2. The molecule has 0 aliphatic carbocycles. The van der Waals surface area contributed by atoms with Gasteiger partial charge in [-0.05, 0) is 43.0 Å². The van der Waals surface area contributed by atoms with Gasteiger partial charge in [0.25, 0.3) is 5.91 Å². The Labute approximate surface area is 138 Å². The van der Waals surface area contributed by atoms with Gasteiger partial charge in [0.1, 0.15) is 12.3 Å². The molecule has 0 saturated carbocycles.